The molecule has 0 aliphatic heterocycles. The first-order chi connectivity index (χ1) is 13.7. The molecule has 0 bridgehead atoms. The van der Waals surface area contributed by atoms with Crippen LogP contribution in [-0.2, 0) is 0 Å². The summed E-state index contributed by atoms with van der Waals surface area (Å²) in [5.41, 5.74) is 1.65. The predicted molar refractivity (Wildman–Crippen MR) is 131 cm³/mol. The molecule has 0 atom stereocenters. The molecule has 0 radical (unpaired) electrons. The molecular formula is C27H48Sn. The van der Waals surface area contributed by atoms with E-state index in [1.807, 2.05) is 3.58 Å². The van der Waals surface area contributed by atoms with E-state index in [9.17, 15) is 0 Å². The van der Waals surface area contributed by atoms with Gasteiger partial charge in [-0.05, 0) is 0 Å². The van der Waals surface area contributed by atoms with E-state index in [1.54, 1.807) is 18.9 Å². The monoisotopic (exact) mass is 492 g/mol. The average Bonchev–Trinajstić information content (AvgIpc) is 2.74. The van der Waals surface area contributed by atoms with E-state index >= 15 is 0 Å². The summed E-state index contributed by atoms with van der Waals surface area (Å²) in [4.78, 5) is 0. The summed E-state index contributed by atoms with van der Waals surface area (Å²) in [6.45, 7) is 9.50. The Labute approximate surface area is 181 Å². The number of hydrogen-bond acceptors (Lipinski definition) is 0. The van der Waals surface area contributed by atoms with Gasteiger partial charge < -0.3 is 0 Å². The van der Waals surface area contributed by atoms with Crippen LogP contribution in [0.2, 0.25) is 13.3 Å². The van der Waals surface area contributed by atoms with Crippen LogP contribution >= 0.6 is 0 Å². The maximum atomic E-state index is 2.63. The average molecular weight is 491 g/mol. The summed E-state index contributed by atoms with van der Waals surface area (Å²) in [5, 5.41) is 0. The van der Waals surface area contributed by atoms with Crippen LogP contribution in [0.5, 0.6) is 0 Å². The van der Waals surface area contributed by atoms with Crippen molar-refractivity contribution in [3.63, 3.8) is 0 Å². The van der Waals surface area contributed by atoms with E-state index in [-0.39, 0.29) is 0 Å². The summed E-state index contributed by atoms with van der Waals surface area (Å²) in [5.74, 6) is 1.86. The number of rotatable bonds is 13. The van der Waals surface area contributed by atoms with Crippen LogP contribution in [-0.4, -0.2) is 18.4 Å². The number of benzene rings is 1. The minimum atomic E-state index is -2.23. The third kappa shape index (κ3) is 7.06. The van der Waals surface area contributed by atoms with E-state index in [2.05, 4.69) is 52.0 Å². The van der Waals surface area contributed by atoms with E-state index in [4.69, 9.17) is 0 Å². The Morgan fingerprint density at radius 1 is 0.679 bits per heavy atom. The van der Waals surface area contributed by atoms with Gasteiger partial charge in [0.05, 0.1) is 0 Å². The van der Waals surface area contributed by atoms with Crippen molar-refractivity contribution in [3.05, 3.63) is 29.8 Å². The van der Waals surface area contributed by atoms with Crippen LogP contribution in [0.3, 0.4) is 0 Å². The van der Waals surface area contributed by atoms with Crippen molar-refractivity contribution in [1.29, 1.82) is 0 Å². The first kappa shape index (κ1) is 24.3. The molecule has 0 aromatic heterocycles. The fourth-order valence-corrected chi connectivity index (χ4v) is 21.6. The molecule has 160 valence electrons. The van der Waals surface area contributed by atoms with Gasteiger partial charge in [-0.1, -0.05) is 0 Å². The summed E-state index contributed by atoms with van der Waals surface area (Å²) in [7, 11) is 0. The quantitative estimate of drug-likeness (QED) is 0.242. The second-order valence-electron chi connectivity index (χ2n) is 9.72. The molecule has 0 nitrogen and oxygen atoms in total. The SMILES string of the molecule is CCC[CH2][Sn]([CH2]CCC)([CH2]CCC)[c]1ccc(C2CCC(CCC)CC2)cc1. The van der Waals surface area contributed by atoms with Crippen molar-refractivity contribution in [1.82, 2.24) is 0 Å². The molecule has 0 heterocycles. The molecule has 1 fully saturated rings. The van der Waals surface area contributed by atoms with Gasteiger partial charge >= 0.3 is 182 Å². The molecule has 2 rings (SSSR count). The Morgan fingerprint density at radius 2 is 1.18 bits per heavy atom. The second kappa shape index (κ2) is 13.3. The van der Waals surface area contributed by atoms with E-state index in [0.717, 1.165) is 11.8 Å². The van der Waals surface area contributed by atoms with Crippen molar-refractivity contribution in [2.24, 2.45) is 5.92 Å². The third-order valence-electron chi connectivity index (χ3n) is 7.56. The van der Waals surface area contributed by atoms with Gasteiger partial charge in [-0.15, -0.1) is 0 Å². The summed E-state index contributed by atoms with van der Waals surface area (Å²) in [6, 6.07) is 10.4. The zero-order valence-electron chi connectivity index (χ0n) is 19.6. The number of hydrogen-bond donors (Lipinski definition) is 0. The fraction of sp³-hybridized carbons (Fsp3) is 0.778. The van der Waals surface area contributed by atoms with E-state index in [1.165, 1.54) is 77.0 Å². The molecule has 0 unspecified atom stereocenters. The predicted octanol–water partition coefficient (Wildman–Crippen LogP) is 8.82. The third-order valence-corrected chi connectivity index (χ3v) is 23.2. The van der Waals surface area contributed by atoms with Crippen molar-refractivity contribution < 1.29 is 0 Å². The van der Waals surface area contributed by atoms with E-state index < -0.39 is 18.4 Å². The van der Waals surface area contributed by atoms with Crippen LogP contribution in [0.1, 0.15) is 116 Å². The molecule has 0 spiro atoms. The molecular weight excluding hydrogens is 443 g/mol. The maximum absolute atomic E-state index is 2.63. The Hall–Kier alpha value is 0.0187. The van der Waals surface area contributed by atoms with E-state index in [0.29, 0.717) is 0 Å². The van der Waals surface area contributed by atoms with Gasteiger partial charge in [-0.3, -0.25) is 0 Å². The van der Waals surface area contributed by atoms with Crippen LogP contribution in [0.4, 0.5) is 0 Å². The first-order valence-electron chi connectivity index (χ1n) is 12.8. The fourth-order valence-electron chi connectivity index (χ4n) is 5.66. The number of unbranched alkanes of at least 4 members (excludes halogenated alkanes) is 3. The van der Waals surface area contributed by atoms with Gasteiger partial charge in [-0.25, -0.2) is 0 Å². The molecule has 1 heteroatoms. The molecule has 1 saturated carbocycles. The summed E-state index contributed by atoms with van der Waals surface area (Å²) < 4.78 is 6.62. The van der Waals surface area contributed by atoms with Crippen LogP contribution in [0.25, 0.3) is 0 Å². The van der Waals surface area contributed by atoms with Gasteiger partial charge in [0.2, 0.25) is 0 Å². The van der Waals surface area contributed by atoms with Crippen molar-refractivity contribution in [3.8, 4) is 0 Å². The zero-order chi connectivity index (χ0) is 20.2. The topological polar surface area (TPSA) is 0 Å². The Balaban J connectivity index is 2.12. The first-order valence-corrected chi connectivity index (χ1v) is 20.3. The second-order valence-corrected chi connectivity index (χ2v) is 23.0. The molecule has 1 aliphatic carbocycles. The van der Waals surface area contributed by atoms with Gasteiger partial charge in [0, 0.05) is 0 Å². The Kier molecular flexibility index (Phi) is 11.6. The van der Waals surface area contributed by atoms with Crippen molar-refractivity contribution in [2.75, 3.05) is 0 Å². The molecule has 0 saturated heterocycles. The Bertz CT molecular complexity index is 488. The van der Waals surface area contributed by atoms with Gasteiger partial charge in [-0.2, -0.15) is 0 Å². The molecule has 1 aromatic rings. The van der Waals surface area contributed by atoms with Gasteiger partial charge in [0.25, 0.3) is 0 Å². The van der Waals surface area contributed by atoms with Crippen molar-refractivity contribution in [2.45, 2.75) is 124 Å². The molecule has 0 amide bonds. The van der Waals surface area contributed by atoms with Crippen LogP contribution in [0, 0.1) is 5.92 Å². The van der Waals surface area contributed by atoms with Crippen LogP contribution < -0.4 is 3.58 Å². The van der Waals surface area contributed by atoms with Crippen molar-refractivity contribution >= 4 is 22.0 Å². The zero-order valence-corrected chi connectivity index (χ0v) is 22.4. The molecule has 1 aliphatic rings. The van der Waals surface area contributed by atoms with Gasteiger partial charge in [0.15, 0.2) is 0 Å². The normalized spacial score (nSPS) is 20.4. The van der Waals surface area contributed by atoms with Gasteiger partial charge in [0.1, 0.15) is 0 Å². The molecule has 28 heavy (non-hydrogen) atoms. The standard InChI is InChI=1S/C15H21.3C4H9.Sn/c1-2-6-13-9-11-15(12-10-13)14-7-4-3-5-8-14;3*1-3-4-2;/h4-5,7-8,13,15H,2,6,9-12H2,1H3;3*1,3-4H2,2H3;. The summed E-state index contributed by atoms with van der Waals surface area (Å²) >= 11 is -2.23. The molecule has 1 aromatic carbocycles. The van der Waals surface area contributed by atoms with Crippen LogP contribution in [0.15, 0.2) is 24.3 Å². The molecule has 0 N–H and O–H groups in total. The summed E-state index contributed by atoms with van der Waals surface area (Å²) in [6.07, 6.45) is 17.1. The minimum absolute atomic E-state index is 0.841. The Morgan fingerprint density at radius 3 is 1.61 bits per heavy atom.